The van der Waals surface area contributed by atoms with Crippen molar-refractivity contribution < 1.29 is 59.1 Å². The van der Waals surface area contributed by atoms with Crippen molar-refractivity contribution in [1.29, 1.82) is 0 Å². The molecular weight excluding hydrogens is 90.1 g/mol. The summed E-state index contributed by atoms with van der Waals surface area (Å²) in [6, 6.07) is 0. The van der Waals surface area contributed by atoms with Gasteiger partial charge >= 0.3 is 59.1 Å². The van der Waals surface area contributed by atoms with Gasteiger partial charge in [0.25, 0.3) is 0 Å². The average Bonchev–Trinajstić information content (AvgIpc) is 0. The summed E-state index contributed by atoms with van der Waals surface area (Å²) in [5.41, 5.74) is 0. The second kappa shape index (κ2) is 18.3. The van der Waals surface area contributed by atoms with Crippen molar-refractivity contribution in [1.82, 2.24) is 0 Å². The molecule has 0 saturated carbocycles. The first-order valence-electron chi connectivity index (χ1n) is 0. The summed E-state index contributed by atoms with van der Waals surface area (Å²) in [5, 5.41) is 0. The van der Waals surface area contributed by atoms with Crippen LogP contribution < -0.4 is 59.1 Å². The van der Waals surface area contributed by atoms with E-state index in [0.717, 1.165) is 0 Å². The Labute approximate surface area is 78.8 Å². The third-order valence-electron chi connectivity index (χ3n) is 0. The van der Waals surface area contributed by atoms with Gasteiger partial charge in [0.15, 0.2) is 0 Å². The molecule has 0 aliphatic rings. The van der Waals surface area contributed by atoms with E-state index in [1.807, 2.05) is 0 Å². The zero-order valence-electron chi connectivity index (χ0n) is 2.41. The molecule has 0 aliphatic carbocycles. The Morgan fingerprint density at radius 1 is 0.750 bits per heavy atom. The van der Waals surface area contributed by atoms with E-state index in [1.165, 1.54) is 0 Å². The molecule has 0 N–H and O–H groups in total. The van der Waals surface area contributed by atoms with Crippen molar-refractivity contribution in [2.24, 2.45) is 0 Å². The van der Waals surface area contributed by atoms with E-state index in [4.69, 9.17) is 0 Å². The minimum atomic E-state index is 0. The predicted molar refractivity (Wildman–Crippen MR) is 14.1 cm³/mol. The molecule has 0 radical (unpaired) electrons. The molecule has 0 fully saturated rings. The maximum atomic E-state index is 0. The van der Waals surface area contributed by atoms with E-state index in [9.17, 15) is 0 Å². The molecular formula is CH4Na2S. The van der Waals surface area contributed by atoms with Crippen LogP contribution in [0.25, 0.3) is 0 Å². The van der Waals surface area contributed by atoms with Crippen LogP contribution in [-0.4, -0.2) is 0 Å². The first-order valence-corrected chi connectivity index (χ1v) is 0. The van der Waals surface area contributed by atoms with Gasteiger partial charge in [-0.3, -0.25) is 0 Å². The van der Waals surface area contributed by atoms with Crippen LogP contribution in [-0.2, 0) is 13.5 Å². The Morgan fingerprint density at radius 2 is 0.750 bits per heavy atom. The standard InChI is InChI=1S/CH4.2Na.S/h1H4;;;/q;2*+1;-2. The summed E-state index contributed by atoms with van der Waals surface area (Å²) in [6.07, 6.45) is 0. The number of rotatable bonds is 0. The smallest absolute Gasteiger partial charge is 1.00 e. The van der Waals surface area contributed by atoms with Crippen molar-refractivity contribution in [3.05, 3.63) is 0 Å². The Morgan fingerprint density at radius 3 is 0.750 bits per heavy atom. The van der Waals surface area contributed by atoms with Gasteiger partial charge in [0.1, 0.15) is 0 Å². The molecule has 0 aromatic rings. The molecule has 4 heavy (non-hydrogen) atoms. The second-order valence-electron chi connectivity index (χ2n) is 0. The van der Waals surface area contributed by atoms with Gasteiger partial charge in [-0.2, -0.15) is 0 Å². The SMILES string of the molecule is C.[Na+].[Na+].[S-2]. The monoisotopic (exact) mass is 94.0 g/mol. The fraction of sp³-hybridized carbons (Fsp3) is 1.00. The molecule has 0 bridgehead atoms. The van der Waals surface area contributed by atoms with Crippen molar-refractivity contribution in [3.63, 3.8) is 0 Å². The van der Waals surface area contributed by atoms with Gasteiger partial charge < -0.3 is 13.5 Å². The number of hydrogen-bond acceptors (Lipinski definition) is 0. The van der Waals surface area contributed by atoms with Gasteiger partial charge in [-0.15, -0.1) is 0 Å². The quantitative estimate of drug-likeness (QED) is 0.263. The molecule has 0 amide bonds. The molecule has 0 aromatic carbocycles. The summed E-state index contributed by atoms with van der Waals surface area (Å²) in [4.78, 5) is 0. The molecule has 3 heteroatoms. The fourth-order valence-electron chi connectivity index (χ4n) is 0. The summed E-state index contributed by atoms with van der Waals surface area (Å²) in [7, 11) is 0. The zero-order valence-corrected chi connectivity index (χ0v) is 7.22. The zero-order chi connectivity index (χ0) is 0. The molecule has 0 unspecified atom stereocenters. The first kappa shape index (κ1) is 32.9. The number of hydrogen-bond donors (Lipinski definition) is 0. The van der Waals surface area contributed by atoms with Crippen molar-refractivity contribution >= 4 is 13.5 Å². The largest absolute Gasteiger partial charge is 2.00 e. The molecule has 0 spiro atoms. The second-order valence-corrected chi connectivity index (χ2v) is 0. The minimum absolute atomic E-state index is 0. The average molecular weight is 94.1 g/mol. The molecule has 0 atom stereocenters. The van der Waals surface area contributed by atoms with Crippen LogP contribution in [0.4, 0.5) is 0 Å². The van der Waals surface area contributed by atoms with E-state index in [2.05, 4.69) is 0 Å². The van der Waals surface area contributed by atoms with Crippen LogP contribution in [0.5, 0.6) is 0 Å². The summed E-state index contributed by atoms with van der Waals surface area (Å²) < 4.78 is 0. The Kier molecular flexibility index (Phi) is 151. The van der Waals surface area contributed by atoms with E-state index in [-0.39, 0.29) is 80.0 Å². The first-order chi connectivity index (χ1) is 0. The molecule has 0 heterocycles. The van der Waals surface area contributed by atoms with E-state index >= 15 is 0 Å². The molecule has 0 nitrogen and oxygen atoms in total. The summed E-state index contributed by atoms with van der Waals surface area (Å²) in [6.45, 7) is 0. The fourth-order valence-corrected chi connectivity index (χ4v) is 0. The van der Waals surface area contributed by atoms with Crippen molar-refractivity contribution in [2.45, 2.75) is 7.43 Å². The van der Waals surface area contributed by atoms with Crippen LogP contribution >= 0.6 is 0 Å². The maximum Gasteiger partial charge on any atom is 1.00 e. The van der Waals surface area contributed by atoms with Crippen molar-refractivity contribution in [3.8, 4) is 0 Å². The van der Waals surface area contributed by atoms with Gasteiger partial charge in [-0.25, -0.2) is 0 Å². The van der Waals surface area contributed by atoms with E-state index in [0.29, 0.717) is 0 Å². The van der Waals surface area contributed by atoms with Gasteiger partial charge in [0.05, 0.1) is 0 Å². The van der Waals surface area contributed by atoms with Crippen LogP contribution in [0, 0.1) is 0 Å². The van der Waals surface area contributed by atoms with E-state index in [1.54, 1.807) is 0 Å². The Balaban J connectivity index is 0. The van der Waals surface area contributed by atoms with Crippen LogP contribution in [0.15, 0.2) is 0 Å². The Bertz CT molecular complexity index is 6.00. The van der Waals surface area contributed by atoms with Gasteiger partial charge in [-0.05, 0) is 0 Å². The van der Waals surface area contributed by atoms with Gasteiger partial charge in [0.2, 0.25) is 0 Å². The van der Waals surface area contributed by atoms with Crippen LogP contribution in [0.2, 0.25) is 0 Å². The van der Waals surface area contributed by atoms with E-state index < -0.39 is 0 Å². The predicted octanol–water partition coefficient (Wildman–Crippen LogP) is -5.36. The molecule has 0 rings (SSSR count). The topological polar surface area (TPSA) is 0 Å². The van der Waals surface area contributed by atoms with Gasteiger partial charge in [0, 0.05) is 0 Å². The maximum absolute atomic E-state index is 0. The van der Waals surface area contributed by atoms with Gasteiger partial charge in [-0.1, -0.05) is 7.43 Å². The summed E-state index contributed by atoms with van der Waals surface area (Å²) >= 11 is 0. The minimum Gasteiger partial charge on any atom is -2.00 e. The van der Waals surface area contributed by atoms with Crippen LogP contribution in [0.3, 0.4) is 0 Å². The molecule has 0 aromatic heterocycles. The Hall–Kier alpha value is 2.35. The van der Waals surface area contributed by atoms with Crippen molar-refractivity contribution in [2.75, 3.05) is 0 Å². The third-order valence-corrected chi connectivity index (χ3v) is 0. The normalized spacial score (nSPS) is 0. The molecule has 0 aliphatic heterocycles. The summed E-state index contributed by atoms with van der Waals surface area (Å²) in [5.74, 6) is 0. The molecule has 0 saturated heterocycles. The molecule has 16 valence electrons. The van der Waals surface area contributed by atoms with Crippen LogP contribution in [0.1, 0.15) is 7.43 Å². The third kappa shape index (κ3) is 8.84.